The highest BCUT2D eigenvalue weighted by Crippen LogP contribution is 2.35. The second-order valence-electron chi connectivity index (χ2n) is 5.48. The molecule has 3 heterocycles. The number of hydrogen-bond donors (Lipinski definition) is 1. The lowest BCUT2D eigenvalue weighted by atomic mass is 10.2. The molecule has 1 aliphatic rings. The molecule has 1 fully saturated rings. The van der Waals surface area contributed by atoms with Gasteiger partial charge in [-0.15, -0.1) is 11.3 Å². The van der Waals surface area contributed by atoms with E-state index >= 15 is 0 Å². The van der Waals surface area contributed by atoms with Crippen LogP contribution >= 0.6 is 11.3 Å². The summed E-state index contributed by atoms with van der Waals surface area (Å²) < 4.78 is 33.9. The van der Waals surface area contributed by atoms with Crippen molar-refractivity contribution in [3.05, 3.63) is 29.3 Å². The quantitative estimate of drug-likeness (QED) is 0.780. The van der Waals surface area contributed by atoms with E-state index in [1.807, 2.05) is 11.8 Å². The number of halogens is 2. The van der Waals surface area contributed by atoms with Crippen molar-refractivity contribution in [3.63, 3.8) is 0 Å². The van der Waals surface area contributed by atoms with Crippen molar-refractivity contribution < 1.29 is 13.2 Å². The number of thiazole rings is 1. The number of piperazine rings is 1. The average Bonchev–Trinajstić information content (AvgIpc) is 3.21. The molecule has 120 valence electrons. The van der Waals surface area contributed by atoms with Gasteiger partial charge in [-0.05, 0) is 13.0 Å². The molecule has 23 heavy (non-hydrogen) atoms. The minimum absolute atomic E-state index is 0.0871. The van der Waals surface area contributed by atoms with Crippen LogP contribution in [0.1, 0.15) is 6.92 Å². The van der Waals surface area contributed by atoms with Crippen LogP contribution in [0, 0.1) is 11.6 Å². The molecular formula is C15H14F2N4OS. The second-order valence-corrected chi connectivity index (χ2v) is 6.37. The van der Waals surface area contributed by atoms with Gasteiger partial charge in [-0.25, -0.2) is 13.8 Å². The highest BCUT2D eigenvalue weighted by Gasteiger charge is 2.26. The van der Waals surface area contributed by atoms with E-state index in [4.69, 9.17) is 4.42 Å². The number of nitrogens with zero attached hydrogens (tertiary/aromatic N) is 3. The van der Waals surface area contributed by atoms with Crippen molar-refractivity contribution in [2.45, 2.75) is 13.0 Å². The summed E-state index contributed by atoms with van der Waals surface area (Å²) in [5.41, 5.74) is 0.575. The zero-order valence-corrected chi connectivity index (χ0v) is 13.2. The molecule has 1 saturated heterocycles. The van der Waals surface area contributed by atoms with Gasteiger partial charge in [-0.1, -0.05) is 0 Å². The number of nitrogens with one attached hydrogen (secondary N) is 1. The third-order valence-electron chi connectivity index (χ3n) is 3.96. The third-order valence-corrected chi connectivity index (χ3v) is 4.77. The molecule has 1 atom stereocenters. The maximum Gasteiger partial charge on any atom is 0.298 e. The zero-order chi connectivity index (χ0) is 16.0. The Morgan fingerprint density at radius 3 is 3.04 bits per heavy atom. The van der Waals surface area contributed by atoms with Crippen molar-refractivity contribution in [2.24, 2.45) is 0 Å². The van der Waals surface area contributed by atoms with Crippen molar-refractivity contribution >= 4 is 28.5 Å². The van der Waals surface area contributed by atoms with Gasteiger partial charge in [0.15, 0.2) is 22.7 Å². The maximum absolute atomic E-state index is 14.2. The van der Waals surface area contributed by atoms with Crippen LogP contribution in [0.2, 0.25) is 0 Å². The lowest BCUT2D eigenvalue weighted by molar-refractivity contribution is 0.456. The van der Waals surface area contributed by atoms with Crippen molar-refractivity contribution in [2.75, 3.05) is 24.5 Å². The molecule has 1 aliphatic heterocycles. The molecule has 1 N–H and O–H groups in total. The van der Waals surface area contributed by atoms with Crippen LogP contribution in [0.5, 0.6) is 0 Å². The number of aromatic nitrogens is 2. The molecule has 0 amide bonds. The topological polar surface area (TPSA) is 54.2 Å². The Balaban J connectivity index is 1.90. The molecular weight excluding hydrogens is 322 g/mol. The lowest BCUT2D eigenvalue weighted by Gasteiger charge is -2.32. The van der Waals surface area contributed by atoms with E-state index in [1.54, 1.807) is 11.6 Å². The van der Waals surface area contributed by atoms with E-state index in [9.17, 15) is 8.78 Å². The Bertz CT molecular complexity index is 849. The molecule has 0 radical (unpaired) electrons. The standard InChI is InChI=1S/C15H14F2N4OS/c1-8-7-18-2-4-21(8)15-20-12-11(17)10(16)6-9(13(12)22-15)14-19-3-5-23-14/h3,5-6,8,18H,2,4,7H2,1H3. The smallest absolute Gasteiger partial charge is 0.298 e. The van der Waals surface area contributed by atoms with E-state index in [0.29, 0.717) is 23.1 Å². The molecule has 3 aromatic rings. The fraction of sp³-hybridized carbons (Fsp3) is 0.333. The van der Waals surface area contributed by atoms with Gasteiger partial charge in [0, 0.05) is 37.3 Å². The van der Waals surface area contributed by atoms with Crippen molar-refractivity contribution in [3.8, 4) is 10.6 Å². The van der Waals surface area contributed by atoms with Crippen LogP contribution in [0.3, 0.4) is 0 Å². The van der Waals surface area contributed by atoms with Crippen molar-refractivity contribution in [1.29, 1.82) is 0 Å². The molecule has 0 bridgehead atoms. The van der Waals surface area contributed by atoms with Crippen LogP contribution in [-0.2, 0) is 0 Å². The maximum atomic E-state index is 14.2. The SMILES string of the molecule is CC1CNCCN1c1nc2c(F)c(F)cc(-c3nccs3)c2o1. The number of fused-ring (bicyclic) bond motifs is 1. The molecule has 2 aromatic heterocycles. The molecule has 0 spiro atoms. The number of oxazole rings is 1. The molecule has 1 unspecified atom stereocenters. The van der Waals surface area contributed by atoms with Gasteiger partial charge in [0.25, 0.3) is 6.01 Å². The van der Waals surface area contributed by atoms with Crippen LogP contribution in [0.4, 0.5) is 14.8 Å². The van der Waals surface area contributed by atoms with Gasteiger partial charge in [-0.2, -0.15) is 4.98 Å². The average molecular weight is 336 g/mol. The summed E-state index contributed by atoms with van der Waals surface area (Å²) in [5.74, 6) is -1.94. The number of anilines is 1. The Labute approximate surface area is 135 Å². The van der Waals surface area contributed by atoms with Gasteiger partial charge in [-0.3, -0.25) is 0 Å². The number of rotatable bonds is 2. The summed E-state index contributed by atoms with van der Waals surface area (Å²) in [7, 11) is 0. The van der Waals surface area contributed by atoms with Gasteiger partial charge in [0.05, 0.1) is 5.56 Å². The third kappa shape index (κ3) is 2.38. The summed E-state index contributed by atoms with van der Waals surface area (Å²) in [6.07, 6.45) is 1.61. The number of benzene rings is 1. The summed E-state index contributed by atoms with van der Waals surface area (Å²) in [5, 5.41) is 5.62. The van der Waals surface area contributed by atoms with E-state index in [2.05, 4.69) is 15.3 Å². The highest BCUT2D eigenvalue weighted by molar-refractivity contribution is 7.13. The minimum atomic E-state index is -0.988. The highest BCUT2D eigenvalue weighted by atomic mass is 32.1. The van der Waals surface area contributed by atoms with E-state index in [-0.39, 0.29) is 17.1 Å². The summed E-state index contributed by atoms with van der Waals surface area (Å²) in [6.45, 7) is 4.30. The molecule has 0 saturated carbocycles. The van der Waals surface area contributed by atoms with E-state index < -0.39 is 11.6 Å². The van der Waals surface area contributed by atoms with Crippen LogP contribution in [-0.4, -0.2) is 35.6 Å². The molecule has 8 heteroatoms. The molecule has 4 rings (SSSR count). The van der Waals surface area contributed by atoms with Crippen molar-refractivity contribution in [1.82, 2.24) is 15.3 Å². The molecule has 5 nitrogen and oxygen atoms in total. The first-order valence-electron chi connectivity index (χ1n) is 7.31. The minimum Gasteiger partial charge on any atom is -0.423 e. The normalized spacial score (nSPS) is 18.7. The van der Waals surface area contributed by atoms with Crippen LogP contribution < -0.4 is 10.2 Å². The van der Waals surface area contributed by atoms with E-state index in [0.717, 1.165) is 19.2 Å². The van der Waals surface area contributed by atoms with E-state index in [1.165, 1.54) is 11.3 Å². The monoisotopic (exact) mass is 336 g/mol. The Kier molecular flexibility index (Phi) is 3.50. The second kappa shape index (κ2) is 5.54. The first-order valence-corrected chi connectivity index (χ1v) is 8.19. The van der Waals surface area contributed by atoms with Crippen LogP contribution in [0.25, 0.3) is 21.7 Å². The van der Waals surface area contributed by atoms with Gasteiger partial charge < -0.3 is 14.6 Å². The first-order chi connectivity index (χ1) is 11.1. The van der Waals surface area contributed by atoms with Gasteiger partial charge in [0.2, 0.25) is 0 Å². The number of hydrogen-bond acceptors (Lipinski definition) is 6. The Morgan fingerprint density at radius 1 is 1.43 bits per heavy atom. The Morgan fingerprint density at radius 2 is 2.30 bits per heavy atom. The predicted octanol–water partition coefficient (Wildman–Crippen LogP) is 3.03. The predicted molar refractivity (Wildman–Crippen MR) is 84.7 cm³/mol. The fourth-order valence-corrected chi connectivity index (χ4v) is 3.42. The van der Waals surface area contributed by atoms with Gasteiger partial charge in [0.1, 0.15) is 5.01 Å². The molecule has 0 aliphatic carbocycles. The fourth-order valence-electron chi connectivity index (χ4n) is 2.77. The zero-order valence-electron chi connectivity index (χ0n) is 12.3. The van der Waals surface area contributed by atoms with Gasteiger partial charge >= 0.3 is 0 Å². The summed E-state index contributed by atoms with van der Waals surface area (Å²) >= 11 is 1.34. The Hall–Kier alpha value is -2.06. The van der Waals surface area contributed by atoms with Crippen LogP contribution in [0.15, 0.2) is 22.1 Å². The largest absolute Gasteiger partial charge is 0.423 e. The summed E-state index contributed by atoms with van der Waals surface area (Å²) in [6, 6.07) is 1.59. The first kappa shape index (κ1) is 14.5. The summed E-state index contributed by atoms with van der Waals surface area (Å²) in [4.78, 5) is 10.3. The lowest BCUT2D eigenvalue weighted by Crippen LogP contribution is -2.50. The molecule has 1 aromatic carbocycles.